The molecule has 16 heavy (non-hydrogen) atoms. The Balaban J connectivity index is 1.74. The molecule has 88 valence electrons. The Morgan fingerprint density at radius 2 is 2.56 bits per heavy atom. The third kappa shape index (κ3) is 3.01. The lowest BCUT2D eigenvalue weighted by Gasteiger charge is -2.07. The van der Waals surface area contributed by atoms with Crippen LogP contribution in [0.15, 0.2) is 11.4 Å². The third-order valence-electron chi connectivity index (χ3n) is 2.61. The van der Waals surface area contributed by atoms with Gasteiger partial charge in [0.1, 0.15) is 0 Å². The largest absolute Gasteiger partial charge is 0.381 e. The highest BCUT2D eigenvalue weighted by Crippen LogP contribution is 2.22. The molecule has 0 saturated carbocycles. The molecule has 2 heterocycles. The number of nitrogens with zero attached hydrogens (tertiary/aromatic N) is 1. The van der Waals surface area contributed by atoms with Gasteiger partial charge in [-0.2, -0.15) is 0 Å². The molecular weight excluding hydrogens is 228 g/mol. The molecule has 6 heteroatoms. The summed E-state index contributed by atoms with van der Waals surface area (Å²) in [4.78, 5) is 10.1. The number of nitro groups is 1. The highest BCUT2D eigenvalue weighted by Gasteiger charge is 2.15. The average Bonchev–Trinajstić information content (AvgIpc) is 2.87. The quantitative estimate of drug-likeness (QED) is 0.631. The van der Waals surface area contributed by atoms with Gasteiger partial charge in [0.05, 0.1) is 11.5 Å². The molecule has 1 aliphatic rings. The SMILES string of the molecule is O=[N+]([O-])c1cc(CNCC2CCOC2)cs1. The van der Waals surface area contributed by atoms with E-state index in [0.29, 0.717) is 12.5 Å². The summed E-state index contributed by atoms with van der Waals surface area (Å²) in [5, 5.41) is 15.8. The van der Waals surface area contributed by atoms with E-state index in [1.165, 1.54) is 11.3 Å². The van der Waals surface area contributed by atoms with Crippen molar-refractivity contribution in [3.8, 4) is 0 Å². The molecule has 1 aromatic heterocycles. The van der Waals surface area contributed by atoms with Gasteiger partial charge in [-0.1, -0.05) is 11.3 Å². The van der Waals surface area contributed by atoms with Crippen LogP contribution in [-0.2, 0) is 11.3 Å². The monoisotopic (exact) mass is 242 g/mol. The molecule has 1 saturated heterocycles. The first-order chi connectivity index (χ1) is 7.75. The lowest BCUT2D eigenvalue weighted by Crippen LogP contribution is -2.22. The van der Waals surface area contributed by atoms with Crippen LogP contribution in [0.25, 0.3) is 0 Å². The molecule has 1 fully saturated rings. The Hall–Kier alpha value is -0.980. The molecule has 1 aliphatic heterocycles. The molecule has 0 amide bonds. The number of hydrogen-bond donors (Lipinski definition) is 1. The van der Waals surface area contributed by atoms with Crippen LogP contribution in [0.2, 0.25) is 0 Å². The molecule has 5 nitrogen and oxygen atoms in total. The Labute approximate surface area is 97.6 Å². The molecule has 1 atom stereocenters. The van der Waals surface area contributed by atoms with Gasteiger partial charge in [-0.25, -0.2) is 0 Å². The van der Waals surface area contributed by atoms with Crippen LogP contribution < -0.4 is 5.32 Å². The summed E-state index contributed by atoms with van der Waals surface area (Å²) in [6.45, 7) is 3.30. The van der Waals surface area contributed by atoms with Crippen molar-refractivity contribution in [1.29, 1.82) is 0 Å². The average molecular weight is 242 g/mol. The fourth-order valence-corrected chi connectivity index (χ4v) is 2.45. The summed E-state index contributed by atoms with van der Waals surface area (Å²) in [7, 11) is 0. The van der Waals surface area contributed by atoms with Gasteiger partial charge in [-0.15, -0.1) is 0 Å². The molecular formula is C10H14N2O3S. The zero-order chi connectivity index (χ0) is 11.4. The van der Waals surface area contributed by atoms with Crippen molar-refractivity contribution in [2.75, 3.05) is 19.8 Å². The van der Waals surface area contributed by atoms with E-state index in [4.69, 9.17) is 4.74 Å². The second kappa shape index (κ2) is 5.38. The van der Waals surface area contributed by atoms with Gasteiger partial charge in [0.25, 0.3) is 0 Å². The van der Waals surface area contributed by atoms with Crippen LogP contribution in [0.3, 0.4) is 0 Å². The van der Waals surface area contributed by atoms with Gasteiger partial charge >= 0.3 is 5.00 Å². The molecule has 0 spiro atoms. The minimum absolute atomic E-state index is 0.209. The molecule has 0 aliphatic carbocycles. The van der Waals surface area contributed by atoms with E-state index in [2.05, 4.69) is 5.32 Å². The lowest BCUT2D eigenvalue weighted by atomic mass is 10.1. The molecule has 2 rings (SSSR count). The topological polar surface area (TPSA) is 64.4 Å². The van der Waals surface area contributed by atoms with E-state index >= 15 is 0 Å². The minimum atomic E-state index is -0.348. The van der Waals surface area contributed by atoms with Crippen LogP contribution in [0, 0.1) is 16.0 Å². The third-order valence-corrected chi connectivity index (χ3v) is 3.54. The normalized spacial score (nSPS) is 20.1. The Morgan fingerprint density at radius 1 is 1.69 bits per heavy atom. The van der Waals surface area contributed by atoms with Crippen LogP contribution in [0.5, 0.6) is 0 Å². The summed E-state index contributed by atoms with van der Waals surface area (Å²) in [6, 6.07) is 1.63. The van der Waals surface area contributed by atoms with Crippen molar-refractivity contribution in [3.63, 3.8) is 0 Å². The lowest BCUT2D eigenvalue weighted by molar-refractivity contribution is -0.380. The highest BCUT2D eigenvalue weighted by molar-refractivity contribution is 7.13. The number of thiophene rings is 1. The summed E-state index contributed by atoms with van der Waals surface area (Å²) < 4.78 is 5.27. The molecule has 0 radical (unpaired) electrons. The van der Waals surface area contributed by atoms with Crippen molar-refractivity contribution >= 4 is 16.3 Å². The second-order valence-corrected chi connectivity index (χ2v) is 4.80. The summed E-state index contributed by atoms with van der Waals surface area (Å²) in [5.74, 6) is 0.591. The first kappa shape index (κ1) is 11.5. The van der Waals surface area contributed by atoms with E-state index in [0.717, 1.165) is 31.7 Å². The van der Waals surface area contributed by atoms with Crippen molar-refractivity contribution in [1.82, 2.24) is 5.32 Å². The fraction of sp³-hybridized carbons (Fsp3) is 0.600. The minimum Gasteiger partial charge on any atom is -0.381 e. The first-order valence-electron chi connectivity index (χ1n) is 5.26. The van der Waals surface area contributed by atoms with Gasteiger partial charge in [-0.3, -0.25) is 10.1 Å². The summed E-state index contributed by atoms with van der Waals surface area (Å²) >= 11 is 1.18. The summed E-state index contributed by atoms with van der Waals surface area (Å²) in [6.07, 6.45) is 1.11. The number of nitrogens with one attached hydrogen (secondary N) is 1. The maximum atomic E-state index is 10.5. The van der Waals surface area contributed by atoms with E-state index in [1.54, 1.807) is 6.07 Å². The van der Waals surface area contributed by atoms with E-state index in [-0.39, 0.29) is 9.92 Å². The van der Waals surface area contributed by atoms with Crippen LogP contribution in [-0.4, -0.2) is 24.7 Å². The molecule has 1 N–H and O–H groups in total. The van der Waals surface area contributed by atoms with E-state index < -0.39 is 0 Å². The molecule has 1 unspecified atom stereocenters. The molecule has 0 aromatic carbocycles. The van der Waals surface area contributed by atoms with Gasteiger partial charge in [0.15, 0.2) is 0 Å². The second-order valence-electron chi connectivity index (χ2n) is 3.91. The Bertz CT molecular complexity index is 361. The predicted octanol–water partition coefficient (Wildman–Crippen LogP) is 1.78. The standard InChI is InChI=1S/C10H14N2O3S/c13-12(14)10-3-9(7-16-10)5-11-4-8-1-2-15-6-8/h3,7-8,11H,1-2,4-6H2. The Kier molecular flexibility index (Phi) is 3.87. The zero-order valence-corrected chi connectivity index (χ0v) is 9.66. The van der Waals surface area contributed by atoms with E-state index in [1.807, 2.05) is 5.38 Å². The van der Waals surface area contributed by atoms with Crippen molar-refractivity contribution < 1.29 is 9.66 Å². The van der Waals surface area contributed by atoms with Gasteiger partial charge in [0, 0.05) is 31.1 Å². The first-order valence-corrected chi connectivity index (χ1v) is 6.14. The highest BCUT2D eigenvalue weighted by atomic mass is 32.1. The zero-order valence-electron chi connectivity index (χ0n) is 8.85. The van der Waals surface area contributed by atoms with Crippen LogP contribution >= 0.6 is 11.3 Å². The van der Waals surface area contributed by atoms with Gasteiger partial charge < -0.3 is 10.1 Å². The van der Waals surface area contributed by atoms with Gasteiger partial charge in [0.2, 0.25) is 0 Å². The maximum absolute atomic E-state index is 10.5. The number of ether oxygens (including phenoxy) is 1. The maximum Gasteiger partial charge on any atom is 0.324 e. The van der Waals surface area contributed by atoms with Crippen LogP contribution in [0.1, 0.15) is 12.0 Å². The van der Waals surface area contributed by atoms with Crippen LogP contribution in [0.4, 0.5) is 5.00 Å². The smallest absolute Gasteiger partial charge is 0.324 e. The van der Waals surface area contributed by atoms with Crippen molar-refractivity contribution in [2.24, 2.45) is 5.92 Å². The molecule has 0 bridgehead atoms. The van der Waals surface area contributed by atoms with Crippen molar-refractivity contribution in [2.45, 2.75) is 13.0 Å². The number of rotatable bonds is 5. The predicted molar refractivity (Wildman–Crippen MR) is 61.6 cm³/mol. The van der Waals surface area contributed by atoms with Gasteiger partial charge in [-0.05, 0) is 17.9 Å². The Morgan fingerprint density at radius 3 is 3.19 bits per heavy atom. The molecule has 1 aromatic rings. The summed E-state index contributed by atoms with van der Waals surface area (Å²) in [5.41, 5.74) is 0.982. The van der Waals surface area contributed by atoms with E-state index in [9.17, 15) is 10.1 Å². The fourth-order valence-electron chi connectivity index (χ4n) is 1.72. The number of hydrogen-bond acceptors (Lipinski definition) is 5. The van der Waals surface area contributed by atoms with Crippen molar-refractivity contribution in [3.05, 3.63) is 27.1 Å².